The molecule has 1 aliphatic carbocycles. The Morgan fingerprint density at radius 3 is 2.38 bits per heavy atom. The summed E-state index contributed by atoms with van der Waals surface area (Å²) in [6, 6.07) is 8.72. The fourth-order valence-electron chi connectivity index (χ4n) is 2.49. The van der Waals surface area contributed by atoms with Crippen molar-refractivity contribution in [1.29, 1.82) is 0 Å². The molecule has 0 spiro atoms. The molecule has 2 unspecified atom stereocenters. The van der Waals surface area contributed by atoms with E-state index in [1.807, 2.05) is 14.1 Å². The van der Waals surface area contributed by atoms with E-state index < -0.39 is 0 Å². The largest absolute Gasteiger partial charge is 0.378 e. The lowest BCUT2D eigenvalue weighted by molar-refractivity contribution is -0.110. The highest BCUT2D eigenvalue weighted by molar-refractivity contribution is 5.54. The van der Waals surface area contributed by atoms with Crippen LogP contribution in [0.2, 0.25) is 0 Å². The smallest absolute Gasteiger partial charge is 0.123 e. The van der Waals surface area contributed by atoms with Crippen molar-refractivity contribution in [2.75, 3.05) is 19.0 Å². The Bertz CT molecular complexity index is 356. The normalized spacial score (nSPS) is 24.4. The molecule has 1 fully saturated rings. The minimum Gasteiger partial charge on any atom is -0.378 e. The molecule has 0 saturated heterocycles. The predicted molar refractivity (Wildman–Crippen MR) is 66.9 cm³/mol. The molecule has 0 N–H and O–H groups in total. The first-order valence-corrected chi connectivity index (χ1v) is 5.93. The minimum atomic E-state index is 0.290. The topological polar surface area (TPSA) is 20.3 Å². The van der Waals surface area contributed by atoms with E-state index in [-0.39, 0.29) is 0 Å². The van der Waals surface area contributed by atoms with Gasteiger partial charge in [0, 0.05) is 25.7 Å². The van der Waals surface area contributed by atoms with E-state index in [4.69, 9.17) is 0 Å². The van der Waals surface area contributed by atoms with Gasteiger partial charge in [-0.25, -0.2) is 0 Å². The van der Waals surface area contributed by atoms with Crippen LogP contribution in [0, 0.1) is 5.92 Å². The van der Waals surface area contributed by atoms with Gasteiger partial charge < -0.3 is 9.69 Å². The molecule has 0 heterocycles. The quantitative estimate of drug-likeness (QED) is 0.726. The van der Waals surface area contributed by atoms with E-state index in [9.17, 15) is 4.79 Å². The van der Waals surface area contributed by atoms with E-state index in [0.29, 0.717) is 11.8 Å². The lowest BCUT2D eigenvalue weighted by Crippen LogP contribution is -2.08. The number of rotatable bonds is 3. The van der Waals surface area contributed by atoms with Crippen LogP contribution in [0.15, 0.2) is 24.3 Å². The number of benzene rings is 1. The number of carbonyl (C=O) groups is 1. The van der Waals surface area contributed by atoms with Crippen LogP contribution in [0.5, 0.6) is 0 Å². The minimum absolute atomic E-state index is 0.290. The SMILES string of the molecule is CN(C)c1ccc(C2CCC(C=O)C2)cc1. The molecule has 86 valence electrons. The zero-order chi connectivity index (χ0) is 11.5. The first-order valence-electron chi connectivity index (χ1n) is 5.93. The summed E-state index contributed by atoms with van der Waals surface area (Å²) in [4.78, 5) is 12.8. The summed E-state index contributed by atoms with van der Waals surface area (Å²) in [5.41, 5.74) is 2.61. The number of nitrogens with zero attached hydrogens (tertiary/aromatic N) is 1. The van der Waals surface area contributed by atoms with Gasteiger partial charge >= 0.3 is 0 Å². The molecule has 0 aromatic heterocycles. The molecule has 2 nitrogen and oxygen atoms in total. The summed E-state index contributed by atoms with van der Waals surface area (Å²) in [5.74, 6) is 0.880. The van der Waals surface area contributed by atoms with Crippen molar-refractivity contribution >= 4 is 12.0 Å². The first kappa shape index (κ1) is 11.2. The van der Waals surface area contributed by atoms with Gasteiger partial charge in [0.2, 0.25) is 0 Å². The van der Waals surface area contributed by atoms with Crippen molar-refractivity contribution in [2.24, 2.45) is 5.92 Å². The van der Waals surface area contributed by atoms with Gasteiger partial charge in [-0.05, 0) is 42.9 Å². The maximum absolute atomic E-state index is 10.7. The van der Waals surface area contributed by atoms with Gasteiger partial charge in [-0.15, -0.1) is 0 Å². The lowest BCUT2D eigenvalue weighted by Gasteiger charge is -2.15. The van der Waals surface area contributed by atoms with E-state index in [1.165, 1.54) is 11.3 Å². The Kier molecular flexibility index (Phi) is 3.28. The van der Waals surface area contributed by atoms with Gasteiger partial charge in [-0.3, -0.25) is 0 Å². The summed E-state index contributed by atoms with van der Waals surface area (Å²) in [7, 11) is 4.10. The van der Waals surface area contributed by atoms with Crippen LogP contribution in [0.3, 0.4) is 0 Å². The first-order chi connectivity index (χ1) is 7.70. The fraction of sp³-hybridized carbons (Fsp3) is 0.500. The molecule has 1 aromatic carbocycles. The van der Waals surface area contributed by atoms with Gasteiger partial charge in [0.25, 0.3) is 0 Å². The Morgan fingerprint density at radius 2 is 1.88 bits per heavy atom. The monoisotopic (exact) mass is 217 g/mol. The molecular formula is C14H19NO. The Hall–Kier alpha value is -1.31. The molecule has 1 aromatic rings. The Balaban J connectivity index is 2.08. The van der Waals surface area contributed by atoms with Gasteiger partial charge in [0.1, 0.15) is 6.29 Å². The van der Waals surface area contributed by atoms with Crippen LogP contribution >= 0.6 is 0 Å². The van der Waals surface area contributed by atoms with Crippen LogP contribution in [0.4, 0.5) is 5.69 Å². The molecule has 16 heavy (non-hydrogen) atoms. The number of carbonyl (C=O) groups excluding carboxylic acids is 1. The van der Waals surface area contributed by atoms with Crippen molar-refractivity contribution in [3.05, 3.63) is 29.8 Å². The number of anilines is 1. The van der Waals surface area contributed by atoms with E-state index in [2.05, 4.69) is 29.2 Å². The van der Waals surface area contributed by atoms with Gasteiger partial charge in [-0.2, -0.15) is 0 Å². The maximum atomic E-state index is 10.7. The molecule has 0 aliphatic heterocycles. The average molecular weight is 217 g/mol. The summed E-state index contributed by atoms with van der Waals surface area (Å²) >= 11 is 0. The van der Waals surface area contributed by atoms with Crippen molar-refractivity contribution in [3.63, 3.8) is 0 Å². The standard InChI is InChI=1S/C14H19NO/c1-15(2)14-7-5-12(6-8-14)13-4-3-11(9-13)10-16/h5-8,10-11,13H,3-4,9H2,1-2H3. The Morgan fingerprint density at radius 1 is 1.19 bits per heavy atom. The zero-order valence-electron chi connectivity index (χ0n) is 10.0. The molecule has 2 atom stereocenters. The highest BCUT2D eigenvalue weighted by Gasteiger charge is 2.25. The summed E-state index contributed by atoms with van der Waals surface area (Å²) in [6.07, 6.45) is 4.37. The van der Waals surface area contributed by atoms with Crippen molar-refractivity contribution in [2.45, 2.75) is 25.2 Å². The van der Waals surface area contributed by atoms with Crippen molar-refractivity contribution in [3.8, 4) is 0 Å². The highest BCUT2D eigenvalue weighted by atomic mass is 16.1. The molecule has 1 saturated carbocycles. The van der Waals surface area contributed by atoms with Crippen LogP contribution in [-0.2, 0) is 4.79 Å². The molecule has 2 heteroatoms. The predicted octanol–water partition coefficient (Wildman–Crippen LogP) is 2.84. The van der Waals surface area contributed by atoms with E-state index in [1.54, 1.807) is 0 Å². The highest BCUT2D eigenvalue weighted by Crippen LogP contribution is 2.37. The lowest BCUT2D eigenvalue weighted by atomic mass is 9.96. The Labute approximate surface area is 97.3 Å². The molecule has 0 bridgehead atoms. The second-order valence-corrected chi connectivity index (χ2v) is 4.89. The van der Waals surface area contributed by atoms with Crippen LogP contribution in [0.1, 0.15) is 30.7 Å². The zero-order valence-corrected chi connectivity index (χ0v) is 10.0. The van der Waals surface area contributed by atoms with E-state index in [0.717, 1.165) is 25.5 Å². The van der Waals surface area contributed by atoms with Gasteiger partial charge in [0.15, 0.2) is 0 Å². The van der Waals surface area contributed by atoms with Crippen molar-refractivity contribution < 1.29 is 4.79 Å². The third-order valence-corrected chi connectivity index (χ3v) is 3.55. The molecule has 2 rings (SSSR count). The average Bonchev–Trinajstić information content (AvgIpc) is 2.77. The summed E-state index contributed by atoms with van der Waals surface area (Å²) in [6.45, 7) is 0. The third kappa shape index (κ3) is 2.26. The molecule has 1 aliphatic rings. The van der Waals surface area contributed by atoms with Crippen LogP contribution < -0.4 is 4.90 Å². The van der Waals surface area contributed by atoms with Gasteiger partial charge in [0.05, 0.1) is 0 Å². The molecular weight excluding hydrogens is 198 g/mol. The van der Waals surface area contributed by atoms with Crippen LogP contribution in [0.25, 0.3) is 0 Å². The second-order valence-electron chi connectivity index (χ2n) is 4.89. The van der Waals surface area contributed by atoms with E-state index >= 15 is 0 Å². The second kappa shape index (κ2) is 4.69. The molecule has 0 amide bonds. The third-order valence-electron chi connectivity index (χ3n) is 3.55. The summed E-state index contributed by atoms with van der Waals surface area (Å²) in [5, 5.41) is 0. The number of aldehydes is 1. The fourth-order valence-corrected chi connectivity index (χ4v) is 2.49. The number of hydrogen-bond donors (Lipinski definition) is 0. The van der Waals surface area contributed by atoms with Crippen LogP contribution in [-0.4, -0.2) is 20.4 Å². The number of hydrogen-bond acceptors (Lipinski definition) is 2. The maximum Gasteiger partial charge on any atom is 0.123 e. The van der Waals surface area contributed by atoms with Crippen molar-refractivity contribution in [1.82, 2.24) is 0 Å². The van der Waals surface area contributed by atoms with Gasteiger partial charge in [-0.1, -0.05) is 12.1 Å². The molecule has 0 radical (unpaired) electrons. The summed E-state index contributed by atoms with van der Waals surface area (Å²) < 4.78 is 0.